The van der Waals surface area contributed by atoms with Crippen LogP contribution in [0.25, 0.3) is 0 Å². The lowest BCUT2D eigenvalue weighted by Gasteiger charge is -2.17. The zero-order valence-electron chi connectivity index (χ0n) is 11.9. The van der Waals surface area contributed by atoms with Crippen LogP contribution in [0, 0.1) is 0 Å². The lowest BCUT2D eigenvalue weighted by molar-refractivity contribution is -0.137. The number of amides is 1. The Morgan fingerprint density at radius 3 is 2.60 bits per heavy atom. The average Bonchev–Trinajstić information content (AvgIpc) is 2.77. The molecule has 1 N–H and O–H groups in total. The zero-order valence-corrected chi connectivity index (χ0v) is 12.7. The smallest absolute Gasteiger partial charge is 0.323 e. The molecule has 0 bridgehead atoms. The Hall–Kier alpha value is -1.36. The molecule has 0 radical (unpaired) electrons. The third-order valence-corrected chi connectivity index (χ3v) is 4.93. The molecule has 2 rings (SSSR count). The van der Waals surface area contributed by atoms with E-state index in [1.54, 1.807) is 11.3 Å². The van der Waals surface area contributed by atoms with Gasteiger partial charge in [-0.2, -0.15) is 0 Å². The molecular formula is C15H21NO3S. The van der Waals surface area contributed by atoms with Gasteiger partial charge in [-0.25, -0.2) is 0 Å². The van der Waals surface area contributed by atoms with Crippen molar-refractivity contribution >= 4 is 23.2 Å². The molecule has 1 aliphatic carbocycles. The number of aryl methyl sites for hydroxylation is 2. The first-order valence-electron chi connectivity index (χ1n) is 7.24. The minimum atomic E-state index is -0.963. The van der Waals surface area contributed by atoms with Crippen LogP contribution in [0.4, 0.5) is 0 Å². The molecule has 1 heterocycles. The number of carboxylic acids is 1. The molecule has 1 aromatic rings. The van der Waals surface area contributed by atoms with Gasteiger partial charge in [0.1, 0.15) is 6.54 Å². The van der Waals surface area contributed by atoms with E-state index in [9.17, 15) is 9.59 Å². The number of hydrogen-bond donors (Lipinski definition) is 1. The summed E-state index contributed by atoms with van der Waals surface area (Å²) < 4.78 is 0. The van der Waals surface area contributed by atoms with Gasteiger partial charge in [0.25, 0.3) is 5.91 Å². The van der Waals surface area contributed by atoms with Gasteiger partial charge in [-0.05, 0) is 44.2 Å². The number of fused-ring (bicyclic) bond motifs is 1. The lowest BCUT2D eigenvalue weighted by Crippen LogP contribution is -2.34. The molecule has 4 nitrogen and oxygen atoms in total. The van der Waals surface area contributed by atoms with Gasteiger partial charge in [0.15, 0.2) is 0 Å². The van der Waals surface area contributed by atoms with E-state index >= 15 is 0 Å². The van der Waals surface area contributed by atoms with Gasteiger partial charge in [-0.15, -0.1) is 11.3 Å². The maximum absolute atomic E-state index is 12.4. The number of nitrogens with zero attached hydrogens (tertiary/aromatic N) is 1. The Balaban J connectivity index is 2.17. The highest BCUT2D eigenvalue weighted by molar-refractivity contribution is 7.14. The second-order valence-corrected chi connectivity index (χ2v) is 6.32. The van der Waals surface area contributed by atoms with E-state index in [0.717, 1.165) is 12.8 Å². The summed E-state index contributed by atoms with van der Waals surface area (Å²) in [6.07, 6.45) is 7.00. The first kappa shape index (κ1) is 15.0. The summed E-state index contributed by atoms with van der Waals surface area (Å²) in [4.78, 5) is 26.6. The molecule has 0 atom stereocenters. The summed E-state index contributed by atoms with van der Waals surface area (Å²) in [6, 6.07) is 1.98. The minimum absolute atomic E-state index is 0.147. The zero-order chi connectivity index (χ0) is 14.5. The number of hydrogen-bond acceptors (Lipinski definition) is 3. The summed E-state index contributed by atoms with van der Waals surface area (Å²) in [6.45, 7) is 2.01. The van der Waals surface area contributed by atoms with Crippen molar-refractivity contribution in [2.24, 2.45) is 0 Å². The Bertz CT molecular complexity index is 470. The molecule has 0 aliphatic heterocycles. The third-order valence-electron chi connectivity index (χ3n) is 3.70. The van der Waals surface area contributed by atoms with E-state index in [-0.39, 0.29) is 12.5 Å². The second-order valence-electron chi connectivity index (χ2n) is 5.19. The van der Waals surface area contributed by atoms with Gasteiger partial charge >= 0.3 is 5.97 Å². The second kappa shape index (κ2) is 6.88. The van der Waals surface area contributed by atoms with E-state index in [1.165, 1.54) is 41.0 Å². The molecule has 110 valence electrons. The number of likely N-dealkylation sites (N-methyl/N-ethyl adjacent to an activating group) is 1. The molecule has 1 amide bonds. The predicted molar refractivity (Wildman–Crippen MR) is 79.4 cm³/mol. The van der Waals surface area contributed by atoms with Crippen molar-refractivity contribution in [1.82, 2.24) is 4.90 Å². The van der Waals surface area contributed by atoms with Crippen molar-refractivity contribution in [1.29, 1.82) is 0 Å². The molecule has 0 spiro atoms. The maximum Gasteiger partial charge on any atom is 0.323 e. The highest BCUT2D eigenvalue weighted by Crippen LogP contribution is 2.29. The van der Waals surface area contributed by atoms with Crippen molar-refractivity contribution in [2.75, 3.05) is 13.1 Å². The summed E-state index contributed by atoms with van der Waals surface area (Å²) in [5.41, 5.74) is 1.30. The monoisotopic (exact) mass is 295 g/mol. The van der Waals surface area contributed by atoms with Gasteiger partial charge in [0, 0.05) is 11.4 Å². The Labute approximate surface area is 123 Å². The molecule has 5 heteroatoms. The highest BCUT2D eigenvalue weighted by atomic mass is 32.1. The lowest BCUT2D eigenvalue weighted by atomic mass is 10.00. The molecule has 1 aliphatic rings. The van der Waals surface area contributed by atoms with Crippen LogP contribution in [0.5, 0.6) is 0 Å². The summed E-state index contributed by atoms with van der Waals surface area (Å²) in [5, 5.41) is 8.86. The number of aliphatic carboxylic acids is 1. The van der Waals surface area contributed by atoms with Crippen LogP contribution in [0.1, 0.15) is 52.7 Å². The molecule has 0 fully saturated rings. The van der Waals surface area contributed by atoms with E-state index in [0.29, 0.717) is 11.4 Å². The third kappa shape index (κ3) is 3.60. The Morgan fingerprint density at radius 2 is 1.95 bits per heavy atom. The van der Waals surface area contributed by atoms with Crippen LogP contribution in [0.2, 0.25) is 0 Å². The number of carbonyl (C=O) groups is 2. The van der Waals surface area contributed by atoms with E-state index < -0.39 is 5.97 Å². The van der Waals surface area contributed by atoms with E-state index in [4.69, 9.17) is 5.11 Å². The fourth-order valence-electron chi connectivity index (χ4n) is 2.60. The van der Waals surface area contributed by atoms with Gasteiger partial charge in [0.2, 0.25) is 0 Å². The topological polar surface area (TPSA) is 57.6 Å². The quantitative estimate of drug-likeness (QED) is 0.929. The molecule has 1 aromatic heterocycles. The SMILES string of the molecule is CCN(CC(=O)O)C(=O)c1cc2c(s1)CCCCCC2. The Morgan fingerprint density at radius 1 is 1.25 bits per heavy atom. The molecule has 0 saturated heterocycles. The van der Waals surface area contributed by atoms with Crippen molar-refractivity contribution < 1.29 is 14.7 Å². The highest BCUT2D eigenvalue weighted by Gasteiger charge is 2.21. The van der Waals surface area contributed by atoms with E-state index in [2.05, 4.69) is 0 Å². The first-order chi connectivity index (χ1) is 9.61. The van der Waals surface area contributed by atoms with Crippen LogP contribution in [-0.2, 0) is 17.6 Å². The number of carboxylic acid groups (broad SMARTS) is 1. The minimum Gasteiger partial charge on any atom is -0.480 e. The first-order valence-corrected chi connectivity index (χ1v) is 8.06. The molecule has 20 heavy (non-hydrogen) atoms. The van der Waals surface area contributed by atoms with Crippen LogP contribution in [-0.4, -0.2) is 35.0 Å². The average molecular weight is 295 g/mol. The Kier molecular flexibility index (Phi) is 5.17. The van der Waals surface area contributed by atoms with Crippen molar-refractivity contribution in [3.63, 3.8) is 0 Å². The summed E-state index contributed by atoms with van der Waals surface area (Å²) in [7, 11) is 0. The molecule has 0 aromatic carbocycles. The molecular weight excluding hydrogens is 274 g/mol. The maximum atomic E-state index is 12.4. The van der Waals surface area contributed by atoms with Crippen LogP contribution < -0.4 is 0 Å². The van der Waals surface area contributed by atoms with Crippen molar-refractivity contribution in [3.05, 3.63) is 21.4 Å². The summed E-state index contributed by atoms with van der Waals surface area (Å²) >= 11 is 1.55. The largest absolute Gasteiger partial charge is 0.480 e. The molecule has 0 unspecified atom stereocenters. The van der Waals surface area contributed by atoms with Gasteiger partial charge in [0.05, 0.1) is 4.88 Å². The summed E-state index contributed by atoms with van der Waals surface area (Å²) in [5.74, 6) is -1.11. The fourth-order valence-corrected chi connectivity index (χ4v) is 3.82. The van der Waals surface area contributed by atoms with Gasteiger partial charge in [-0.3, -0.25) is 9.59 Å². The van der Waals surface area contributed by atoms with Crippen LogP contribution in [0.3, 0.4) is 0 Å². The number of carbonyl (C=O) groups excluding carboxylic acids is 1. The van der Waals surface area contributed by atoms with E-state index in [1.807, 2.05) is 13.0 Å². The molecule has 0 saturated carbocycles. The van der Waals surface area contributed by atoms with Gasteiger partial charge < -0.3 is 10.0 Å². The number of thiophene rings is 1. The van der Waals surface area contributed by atoms with Crippen molar-refractivity contribution in [3.8, 4) is 0 Å². The van der Waals surface area contributed by atoms with Gasteiger partial charge in [-0.1, -0.05) is 12.8 Å². The van der Waals surface area contributed by atoms with Crippen molar-refractivity contribution in [2.45, 2.75) is 45.4 Å². The number of rotatable bonds is 4. The normalized spacial score (nSPS) is 15.1. The van der Waals surface area contributed by atoms with Crippen LogP contribution in [0.15, 0.2) is 6.07 Å². The predicted octanol–water partition coefficient (Wildman–Crippen LogP) is 2.95. The fraction of sp³-hybridized carbons (Fsp3) is 0.600. The standard InChI is InChI=1S/C15H21NO3S/c1-2-16(10-14(17)18)15(19)13-9-11-7-5-3-4-6-8-12(11)20-13/h9H,2-8,10H2,1H3,(H,17,18). The van der Waals surface area contributed by atoms with Crippen LogP contribution >= 0.6 is 11.3 Å².